The minimum atomic E-state index is -0.440. The maximum absolute atomic E-state index is 12.2. The lowest BCUT2D eigenvalue weighted by atomic mass is 10.1. The summed E-state index contributed by atoms with van der Waals surface area (Å²) < 4.78 is 0. The average Bonchev–Trinajstić information content (AvgIpc) is 2.59. The first-order chi connectivity index (χ1) is 11.9. The van der Waals surface area contributed by atoms with E-state index in [-0.39, 0.29) is 5.91 Å². The summed E-state index contributed by atoms with van der Waals surface area (Å²) in [5.41, 5.74) is 1.13. The Balaban J connectivity index is 1.92. The highest BCUT2D eigenvalue weighted by Gasteiger charge is 2.20. The summed E-state index contributed by atoms with van der Waals surface area (Å²) in [6, 6.07) is 13.6. The summed E-state index contributed by atoms with van der Waals surface area (Å²) in [6.45, 7) is 6.98. The van der Waals surface area contributed by atoms with E-state index in [2.05, 4.69) is 41.0 Å². The fourth-order valence-electron chi connectivity index (χ4n) is 2.52. The zero-order chi connectivity index (χ0) is 18.4. The summed E-state index contributed by atoms with van der Waals surface area (Å²) >= 11 is 0. The number of nitrogens with zero attached hydrogens (tertiary/aromatic N) is 1. The predicted molar refractivity (Wildman–Crippen MR) is 101 cm³/mol. The first-order valence-corrected chi connectivity index (χ1v) is 8.63. The summed E-state index contributed by atoms with van der Waals surface area (Å²) in [4.78, 5) is 25.9. The monoisotopic (exact) mass is 341 g/mol. The number of fused-ring (bicyclic) bond motifs is 1. The van der Waals surface area contributed by atoms with E-state index >= 15 is 0 Å². The number of hydrogen-bond acceptors (Lipinski definition) is 3. The van der Waals surface area contributed by atoms with Crippen molar-refractivity contribution in [3.05, 3.63) is 48.0 Å². The van der Waals surface area contributed by atoms with Crippen LogP contribution in [-0.2, 0) is 11.3 Å². The predicted octanol–water partition coefficient (Wildman–Crippen LogP) is 3.14. The van der Waals surface area contributed by atoms with E-state index in [1.54, 1.807) is 6.92 Å². The molecule has 1 unspecified atom stereocenters. The third kappa shape index (κ3) is 5.57. The molecule has 0 aliphatic heterocycles. The second kappa shape index (κ2) is 8.62. The molecule has 0 saturated carbocycles. The number of amides is 3. The first-order valence-electron chi connectivity index (χ1n) is 8.63. The Kier molecular flexibility index (Phi) is 6.53. The van der Waals surface area contributed by atoms with Gasteiger partial charge >= 0.3 is 6.03 Å². The van der Waals surface area contributed by atoms with Crippen molar-refractivity contribution in [2.45, 2.75) is 33.4 Å². The Labute approximate surface area is 149 Å². The second-order valence-electron chi connectivity index (χ2n) is 6.87. The van der Waals surface area contributed by atoms with Gasteiger partial charge in [0.1, 0.15) is 0 Å². The third-order valence-electron chi connectivity index (χ3n) is 4.19. The smallest absolute Gasteiger partial charge is 0.321 e. The van der Waals surface area contributed by atoms with E-state index in [0.29, 0.717) is 19.0 Å². The molecule has 1 atom stereocenters. The lowest BCUT2D eigenvalue weighted by Gasteiger charge is -2.24. The van der Waals surface area contributed by atoms with E-state index in [1.165, 1.54) is 10.8 Å². The first kappa shape index (κ1) is 18.9. The van der Waals surface area contributed by atoms with Crippen LogP contribution in [-0.4, -0.2) is 36.5 Å². The van der Waals surface area contributed by atoms with Crippen LogP contribution in [0.25, 0.3) is 10.8 Å². The largest absolute Gasteiger partial charge is 0.338 e. The summed E-state index contributed by atoms with van der Waals surface area (Å²) in [7, 11) is 1.88. The molecule has 0 radical (unpaired) electrons. The topological polar surface area (TPSA) is 61.4 Å². The number of imide groups is 1. The molecule has 2 aromatic carbocycles. The zero-order valence-electron chi connectivity index (χ0n) is 15.4. The van der Waals surface area contributed by atoms with Crippen LogP contribution >= 0.6 is 0 Å². The van der Waals surface area contributed by atoms with Crippen LogP contribution in [0.15, 0.2) is 42.5 Å². The van der Waals surface area contributed by atoms with Gasteiger partial charge in [-0.3, -0.25) is 15.0 Å². The van der Waals surface area contributed by atoms with Crippen molar-refractivity contribution in [3.8, 4) is 0 Å². The Bertz CT molecular complexity index is 743. The maximum Gasteiger partial charge on any atom is 0.321 e. The molecule has 0 aromatic heterocycles. The molecule has 134 valence electrons. The lowest BCUT2D eigenvalue weighted by molar-refractivity contribution is -0.124. The zero-order valence-corrected chi connectivity index (χ0v) is 15.4. The van der Waals surface area contributed by atoms with Gasteiger partial charge in [0.2, 0.25) is 5.91 Å². The Morgan fingerprint density at radius 3 is 2.40 bits per heavy atom. The SMILES string of the molecule is CC(C)CNC(=O)NC(=O)C(C)N(C)Cc1ccc2ccccc2c1. The van der Waals surface area contributed by atoms with Crippen LogP contribution in [0.5, 0.6) is 0 Å². The molecule has 25 heavy (non-hydrogen) atoms. The average molecular weight is 341 g/mol. The van der Waals surface area contributed by atoms with Crippen molar-refractivity contribution in [2.24, 2.45) is 5.92 Å². The number of carbonyl (C=O) groups is 2. The highest BCUT2D eigenvalue weighted by atomic mass is 16.2. The van der Waals surface area contributed by atoms with E-state index in [0.717, 1.165) is 5.56 Å². The molecule has 0 saturated heterocycles. The van der Waals surface area contributed by atoms with Crippen molar-refractivity contribution in [3.63, 3.8) is 0 Å². The van der Waals surface area contributed by atoms with Crippen LogP contribution in [0, 0.1) is 5.92 Å². The quantitative estimate of drug-likeness (QED) is 0.848. The number of carbonyl (C=O) groups excluding carboxylic acids is 2. The molecule has 0 spiro atoms. The molecule has 2 aromatic rings. The molecule has 5 heteroatoms. The molecule has 3 amide bonds. The molecule has 0 aliphatic carbocycles. The fourth-order valence-corrected chi connectivity index (χ4v) is 2.52. The van der Waals surface area contributed by atoms with Crippen LogP contribution in [0.3, 0.4) is 0 Å². The number of rotatable bonds is 6. The van der Waals surface area contributed by atoms with Gasteiger partial charge < -0.3 is 5.32 Å². The number of benzene rings is 2. The van der Waals surface area contributed by atoms with Crippen LogP contribution in [0.2, 0.25) is 0 Å². The van der Waals surface area contributed by atoms with Gasteiger partial charge in [-0.25, -0.2) is 4.79 Å². The molecule has 2 rings (SSSR count). The molecule has 0 fully saturated rings. The molecule has 2 N–H and O–H groups in total. The minimum absolute atomic E-state index is 0.301. The number of urea groups is 1. The Hall–Kier alpha value is -2.40. The van der Waals surface area contributed by atoms with Crippen LogP contribution in [0.1, 0.15) is 26.3 Å². The van der Waals surface area contributed by atoms with Crippen molar-refractivity contribution < 1.29 is 9.59 Å². The second-order valence-corrected chi connectivity index (χ2v) is 6.87. The van der Waals surface area contributed by atoms with Gasteiger partial charge in [0.25, 0.3) is 0 Å². The fraction of sp³-hybridized carbons (Fsp3) is 0.400. The summed E-state index contributed by atoms with van der Waals surface area (Å²) in [5, 5.41) is 7.46. The molecule has 0 heterocycles. The van der Waals surface area contributed by atoms with Crippen molar-refractivity contribution in [2.75, 3.05) is 13.6 Å². The van der Waals surface area contributed by atoms with Gasteiger partial charge in [-0.05, 0) is 42.3 Å². The normalized spacial score (nSPS) is 12.4. The summed E-state index contributed by atoms with van der Waals surface area (Å²) in [6.07, 6.45) is 0. The van der Waals surface area contributed by atoms with E-state index in [4.69, 9.17) is 0 Å². The van der Waals surface area contributed by atoms with E-state index < -0.39 is 12.1 Å². The van der Waals surface area contributed by atoms with E-state index in [1.807, 2.05) is 37.9 Å². The Morgan fingerprint density at radius 2 is 1.72 bits per heavy atom. The standard InChI is InChI=1S/C20H27N3O2/c1-14(2)12-21-20(25)22-19(24)15(3)23(4)13-16-9-10-17-7-5-6-8-18(17)11-16/h5-11,14-15H,12-13H2,1-4H3,(H2,21,22,24,25). The van der Waals surface area contributed by atoms with Crippen LogP contribution in [0.4, 0.5) is 4.79 Å². The summed E-state index contributed by atoms with van der Waals surface area (Å²) in [5.74, 6) is 0.0402. The van der Waals surface area contributed by atoms with Gasteiger partial charge in [-0.15, -0.1) is 0 Å². The molecular formula is C20H27N3O2. The van der Waals surface area contributed by atoms with Gasteiger partial charge in [-0.2, -0.15) is 0 Å². The van der Waals surface area contributed by atoms with Gasteiger partial charge in [-0.1, -0.05) is 50.2 Å². The molecular weight excluding hydrogens is 314 g/mol. The van der Waals surface area contributed by atoms with Gasteiger partial charge in [0.15, 0.2) is 0 Å². The number of nitrogens with one attached hydrogen (secondary N) is 2. The molecule has 0 bridgehead atoms. The number of likely N-dealkylation sites (N-methyl/N-ethyl adjacent to an activating group) is 1. The highest BCUT2D eigenvalue weighted by molar-refractivity contribution is 5.96. The van der Waals surface area contributed by atoms with Crippen molar-refractivity contribution >= 4 is 22.7 Å². The van der Waals surface area contributed by atoms with Gasteiger partial charge in [0, 0.05) is 13.1 Å². The van der Waals surface area contributed by atoms with E-state index in [9.17, 15) is 9.59 Å². The highest BCUT2D eigenvalue weighted by Crippen LogP contribution is 2.17. The molecule has 5 nitrogen and oxygen atoms in total. The Morgan fingerprint density at radius 1 is 1.04 bits per heavy atom. The minimum Gasteiger partial charge on any atom is -0.338 e. The molecule has 0 aliphatic rings. The van der Waals surface area contributed by atoms with Crippen molar-refractivity contribution in [1.29, 1.82) is 0 Å². The third-order valence-corrected chi connectivity index (χ3v) is 4.19. The lowest BCUT2D eigenvalue weighted by Crippen LogP contribution is -2.48. The maximum atomic E-state index is 12.2. The van der Waals surface area contributed by atoms with Crippen LogP contribution < -0.4 is 10.6 Å². The van der Waals surface area contributed by atoms with Crippen molar-refractivity contribution in [1.82, 2.24) is 15.5 Å². The van der Waals surface area contributed by atoms with Gasteiger partial charge in [0.05, 0.1) is 6.04 Å². The number of hydrogen-bond donors (Lipinski definition) is 2.